The van der Waals surface area contributed by atoms with E-state index in [2.05, 4.69) is 5.32 Å². The van der Waals surface area contributed by atoms with E-state index in [0.29, 0.717) is 11.5 Å². The van der Waals surface area contributed by atoms with Crippen molar-refractivity contribution in [2.24, 2.45) is 0 Å². The van der Waals surface area contributed by atoms with E-state index in [4.69, 9.17) is 9.47 Å². The third-order valence-electron chi connectivity index (χ3n) is 1.73. The van der Waals surface area contributed by atoms with E-state index >= 15 is 0 Å². The molecule has 1 aromatic carbocycles. The number of ether oxygens (including phenoxy) is 2. The standard InChI is InChI=1S/C10H13NO3/c1-7-4-5-8(13-3)9(6-7)14-10(12)11-2/h4-6H,1-3H3,(H,11,12). The van der Waals surface area contributed by atoms with E-state index in [1.54, 1.807) is 12.1 Å². The molecule has 0 aliphatic heterocycles. The molecule has 76 valence electrons. The molecular formula is C10H13NO3. The molecule has 0 fully saturated rings. The van der Waals surface area contributed by atoms with Crippen LogP contribution < -0.4 is 14.8 Å². The molecule has 0 aliphatic rings. The van der Waals surface area contributed by atoms with Crippen LogP contribution in [0.25, 0.3) is 0 Å². The average Bonchev–Trinajstić information content (AvgIpc) is 2.18. The van der Waals surface area contributed by atoms with Crippen LogP contribution in [-0.2, 0) is 0 Å². The van der Waals surface area contributed by atoms with Crippen molar-refractivity contribution in [1.82, 2.24) is 5.32 Å². The Bertz CT molecular complexity index is 336. The van der Waals surface area contributed by atoms with E-state index in [1.165, 1.54) is 14.2 Å². The molecule has 0 atom stereocenters. The van der Waals surface area contributed by atoms with Crippen molar-refractivity contribution in [3.63, 3.8) is 0 Å². The van der Waals surface area contributed by atoms with Gasteiger partial charge in [-0.25, -0.2) is 4.79 Å². The first-order chi connectivity index (χ1) is 6.67. The van der Waals surface area contributed by atoms with Crippen LogP contribution >= 0.6 is 0 Å². The van der Waals surface area contributed by atoms with Gasteiger partial charge in [-0.2, -0.15) is 0 Å². The summed E-state index contributed by atoms with van der Waals surface area (Å²) >= 11 is 0. The quantitative estimate of drug-likeness (QED) is 0.781. The maximum atomic E-state index is 11.0. The molecule has 0 saturated heterocycles. The summed E-state index contributed by atoms with van der Waals surface area (Å²) in [7, 11) is 3.03. The Morgan fingerprint density at radius 2 is 2.07 bits per heavy atom. The Morgan fingerprint density at radius 1 is 1.36 bits per heavy atom. The Labute approximate surface area is 82.8 Å². The Hall–Kier alpha value is -1.71. The molecule has 4 heteroatoms. The zero-order valence-corrected chi connectivity index (χ0v) is 8.46. The van der Waals surface area contributed by atoms with E-state index in [9.17, 15) is 4.79 Å². The van der Waals surface area contributed by atoms with Crippen molar-refractivity contribution in [1.29, 1.82) is 0 Å². The molecule has 1 rings (SSSR count). The number of amides is 1. The Balaban J connectivity index is 2.93. The predicted molar refractivity (Wildman–Crippen MR) is 52.8 cm³/mol. The van der Waals surface area contributed by atoms with Gasteiger partial charge in [0.1, 0.15) is 0 Å². The molecule has 0 aromatic heterocycles. The van der Waals surface area contributed by atoms with Gasteiger partial charge in [-0.05, 0) is 24.6 Å². The molecule has 1 aromatic rings. The minimum absolute atomic E-state index is 0.423. The monoisotopic (exact) mass is 195 g/mol. The van der Waals surface area contributed by atoms with Crippen LogP contribution in [0.3, 0.4) is 0 Å². The van der Waals surface area contributed by atoms with Crippen molar-refractivity contribution in [3.8, 4) is 11.5 Å². The number of nitrogens with one attached hydrogen (secondary N) is 1. The van der Waals surface area contributed by atoms with Gasteiger partial charge in [0.2, 0.25) is 0 Å². The van der Waals surface area contributed by atoms with Gasteiger partial charge in [0.15, 0.2) is 11.5 Å². The molecule has 0 aliphatic carbocycles. The molecule has 1 amide bonds. The summed E-state index contributed by atoms with van der Waals surface area (Å²) in [6.45, 7) is 1.91. The fourth-order valence-electron chi connectivity index (χ4n) is 1.01. The van der Waals surface area contributed by atoms with Gasteiger partial charge in [-0.3, -0.25) is 0 Å². The van der Waals surface area contributed by atoms with Crippen LogP contribution in [0.1, 0.15) is 5.56 Å². The van der Waals surface area contributed by atoms with Gasteiger partial charge in [-0.15, -0.1) is 0 Å². The van der Waals surface area contributed by atoms with Crippen molar-refractivity contribution >= 4 is 6.09 Å². The summed E-state index contributed by atoms with van der Waals surface area (Å²) in [6, 6.07) is 5.39. The van der Waals surface area contributed by atoms with E-state index < -0.39 is 6.09 Å². The number of hydrogen-bond acceptors (Lipinski definition) is 3. The lowest BCUT2D eigenvalue weighted by atomic mass is 10.2. The lowest BCUT2D eigenvalue weighted by Gasteiger charge is -2.08. The third-order valence-corrected chi connectivity index (χ3v) is 1.73. The van der Waals surface area contributed by atoms with Crippen molar-refractivity contribution in [2.45, 2.75) is 6.92 Å². The van der Waals surface area contributed by atoms with Gasteiger partial charge in [0.25, 0.3) is 0 Å². The Kier molecular flexibility index (Phi) is 3.34. The summed E-state index contributed by atoms with van der Waals surface area (Å²) in [5.41, 5.74) is 1.00. The van der Waals surface area contributed by atoms with Gasteiger partial charge < -0.3 is 14.8 Å². The number of rotatable bonds is 2. The molecule has 0 radical (unpaired) electrons. The number of carbonyl (C=O) groups excluding carboxylic acids is 1. The number of hydrogen-bond donors (Lipinski definition) is 1. The zero-order valence-electron chi connectivity index (χ0n) is 8.46. The summed E-state index contributed by atoms with van der Waals surface area (Å²) < 4.78 is 10.0. The number of aryl methyl sites for hydroxylation is 1. The summed E-state index contributed by atoms with van der Waals surface area (Å²) in [6.07, 6.45) is -0.506. The molecular weight excluding hydrogens is 182 g/mol. The summed E-state index contributed by atoms with van der Waals surface area (Å²) in [5, 5.41) is 2.37. The maximum absolute atomic E-state index is 11.0. The second-order valence-electron chi connectivity index (χ2n) is 2.79. The van der Waals surface area contributed by atoms with Gasteiger partial charge in [0.05, 0.1) is 7.11 Å². The maximum Gasteiger partial charge on any atom is 0.412 e. The topological polar surface area (TPSA) is 47.6 Å². The summed E-state index contributed by atoms with van der Waals surface area (Å²) in [5.74, 6) is 0.964. The Morgan fingerprint density at radius 3 is 2.64 bits per heavy atom. The van der Waals surface area contributed by atoms with E-state index in [0.717, 1.165) is 5.56 Å². The highest BCUT2D eigenvalue weighted by molar-refractivity contribution is 5.71. The first-order valence-corrected chi connectivity index (χ1v) is 4.21. The zero-order chi connectivity index (χ0) is 10.6. The smallest absolute Gasteiger partial charge is 0.412 e. The fraction of sp³-hybridized carbons (Fsp3) is 0.300. The number of benzene rings is 1. The normalized spacial score (nSPS) is 9.36. The summed E-state index contributed by atoms with van der Waals surface area (Å²) in [4.78, 5) is 11.0. The van der Waals surface area contributed by atoms with Gasteiger partial charge in [-0.1, -0.05) is 6.07 Å². The molecule has 0 bridgehead atoms. The molecule has 0 unspecified atom stereocenters. The first-order valence-electron chi connectivity index (χ1n) is 4.21. The van der Waals surface area contributed by atoms with Crippen molar-refractivity contribution in [2.75, 3.05) is 14.2 Å². The minimum atomic E-state index is -0.506. The molecule has 0 saturated carbocycles. The molecule has 0 spiro atoms. The predicted octanol–water partition coefficient (Wildman–Crippen LogP) is 1.72. The first kappa shape index (κ1) is 10.4. The molecule has 1 N–H and O–H groups in total. The van der Waals surface area contributed by atoms with Crippen molar-refractivity contribution in [3.05, 3.63) is 23.8 Å². The van der Waals surface area contributed by atoms with Crippen LogP contribution in [0, 0.1) is 6.92 Å². The van der Waals surface area contributed by atoms with Gasteiger partial charge >= 0.3 is 6.09 Å². The van der Waals surface area contributed by atoms with Gasteiger partial charge in [0, 0.05) is 7.05 Å². The average molecular weight is 195 g/mol. The van der Waals surface area contributed by atoms with Crippen LogP contribution in [-0.4, -0.2) is 20.3 Å². The highest BCUT2D eigenvalue weighted by atomic mass is 16.6. The second-order valence-corrected chi connectivity index (χ2v) is 2.79. The lowest BCUT2D eigenvalue weighted by Crippen LogP contribution is -2.22. The SMILES string of the molecule is CNC(=O)Oc1cc(C)ccc1OC. The van der Waals surface area contributed by atoms with E-state index in [1.807, 2.05) is 13.0 Å². The fourth-order valence-corrected chi connectivity index (χ4v) is 1.01. The van der Waals surface area contributed by atoms with Crippen LogP contribution in [0.5, 0.6) is 11.5 Å². The largest absolute Gasteiger partial charge is 0.493 e. The highest BCUT2D eigenvalue weighted by Crippen LogP contribution is 2.27. The van der Waals surface area contributed by atoms with Crippen LogP contribution in [0.4, 0.5) is 4.79 Å². The second kappa shape index (κ2) is 4.50. The van der Waals surface area contributed by atoms with Crippen LogP contribution in [0.15, 0.2) is 18.2 Å². The molecule has 4 nitrogen and oxygen atoms in total. The third kappa shape index (κ3) is 2.39. The molecule has 0 heterocycles. The molecule has 14 heavy (non-hydrogen) atoms. The highest BCUT2D eigenvalue weighted by Gasteiger charge is 2.07. The van der Waals surface area contributed by atoms with E-state index in [-0.39, 0.29) is 0 Å². The number of methoxy groups -OCH3 is 1. The number of carbonyl (C=O) groups is 1. The van der Waals surface area contributed by atoms with Crippen molar-refractivity contribution < 1.29 is 14.3 Å². The van der Waals surface area contributed by atoms with Crippen LogP contribution in [0.2, 0.25) is 0 Å². The lowest BCUT2D eigenvalue weighted by molar-refractivity contribution is 0.201. The minimum Gasteiger partial charge on any atom is -0.493 e.